The van der Waals surface area contributed by atoms with Crippen LogP contribution in [0.2, 0.25) is 0 Å². The second-order valence-electron chi connectivity index (χ2n) is 17.0. The van der Waals surface area contributed by atoms with Gasteiger partial charge in [-0.1, -0.05) is 12.1 Å². The number of aromatic nitrogens is 6. The Kier molecular flexibility index (Phi) is 14.7. The lowest BCUT2D eigenvalue weighted by Gasteiger charge is -2.24. The molecule has 346 valence electrons. The number of pyridine rings is 2. The summed E-state index contributed by atoms with van der Waals surface area (Å²) in [7, 11) is -5.03. The van der Waals surface area contributed by atoms with Crippen molar-refractivity contribution in [2.75, 3.05) is 14.1 Å². The van der Waals surface area contributed by atoms with Crippen molar-refractivity contribution in [1.82, 2.24) is 39.3 Å². The fourth-order valence-electron chi connectivity index (χ4n) is 6.01. The molecule has 2 aromatic carbocycles. The van der Waals surface area contributed by atoms with Gasteiger partial charge in [0.2, 0.25) is 19.7 Å². The Bertz CT molecular complexity index is 2910. The second-order valence-corrected chi connectivity index (χ2v) is 20.8. The van der Waals surface area contributed by atoms with Gasteiger partial charge in [0.25, 0.3) is 0 Å². The van der Waals surface area contributed by atoms with E-state index in [1.54, 1.807) is 80.5 Å². The molecule has 0 aliphatic carbocycles. The summed E-state index contributed by atoms with van der Waals surface area (Å²) >= 11 is 0. The maximum absolute atomic E-state index is 14.3. The fourth-order valence-corrected chi connectivity index (χ4v) is 8.70. The molecule has 0 N–H and O–H groups in total. The Balaban J connectivity index is 0.000000244. The third kappa shape index (κ3) is 12.0. The average Bonchev–Trinajstić information content (AvgIpc) is 3.85. The molecule has 0 atom stereocenters. The predicted octanol–water partition coefficient (Wildman–Crippen LogP) is 8.14. The molecule has 4 aromatic heterocycles. The van der Waals surface area contributed by atoms with E-state index >= 15 is 0 Å². The number of halogens is 2. The first-order chi connectivity index (χ1) is 30.2. The van der Waals surface area contributed by atoms with Crippen molar-refractivity contribution >= 4 is 31.9 Å². The lowest BCUT2D eigenvalue weighted by atomic mass is 10.2. The molecule has 0 saturated heterocycles. The van der Waals surface area contributed by atoms with Crippen molar-refractivity contribution in [3.63, 3.8) is 0 Å². The highest BCUT2D eigenvalue weighted by molar-refractivity contribution is 7.91. The van der Waals surface area contributed by atoms with Gasteiger partial charge in [0.1, 0.15) is 22.8 Å². The van der Waals surface area contributed by atoms with Crippen LogP contribution in [0.4, 0.5) is 18.4 Å². The van der Waals surface area contributed by atoms with E-state index in [0.29, 0.717) is 17.1 Å². The van der Waals surface area contributed by atoms with Crippen molar-refractivity contribution in [2.45, 2.75) is 106 Å². The summed E-state index contributed by atoms with van der Waals surface area (Å²) in [6.45, 7) is 15.3. The molecule has 6 rings (SSSR count). The van der Waals surface area contributed by atoms with E-state index in [2.05, 4.69) is 20.2 Å². The Morgan fingerprint density at radius 3 is 1.43 bits per heavy atom. The number of hydrogen-bond acceptors (Lipinski definition) is 12. The largest absolute Gasteiger partial charge is 0.444 e. The third-order valence-electron chi connectivity index (χ3n) is 9.29. The van der Waals surface area contributed by atoms with Crippen molar-refractivity contribution in [3.05, 3.63) is 131 Å². The number of hydrogen-bond donors (Lipinski definition) is 0. The van der Waals surface area contributed by atoms with Gasteiger partial charge in [-0.05, 0) is 111 Å². The Morgan fingerprint density at radius 2 is 1.06 bits per heavy atom. The van der Waals surface area contributed by atoms with Crippen molar-refractivity contribution < 1.29 is 44.7 Å². The molecular formula is C45H52F2N8O8S2. The first kappa shape index (κ1) is 49.5. The van der Waals surface area contributed by atoms with Crippen LogP contribution in [0.3, 0.4) is 0 Å². The molecule has 65 heavy (non-hydrogen) atoms. The topological polar surface area (TPSA) is 189 Å². The second kappa shape index (κ2) is 19.3. The molecule has 20 heteroatoms. The number of carbonyl (C=O) groups excluding carboxylic acids is 2. The van der Waals surface area contributed by atoms with Gasteiger partial charge in [-0.15, -0.1) is 0 Å². The summed E-state index contributed by atoms with van der Waals surface area (Å²) in [6.07, 6.45) is 2.82. The van der Waals surface area contributed by atoms with Crippen molar-refractivity contribution in [1.29, 1.82) is 0 Å². The smallest absolute Gasteiger partial charge is 0.410 e. The Labute approximate surface area is 377 Å². The van der Waals surface area contributed by atoms with Crippen LogP contribution in [-0.2, 0) is 42.2 Å². The summed E-state index contributed by atoms with van der Waals surface area (Å²) in [5.74, 6) is -0.981. The summed E-state index contributed by atoms with van der Waals surface area (Å²) in [4.78, 5) is 35.2. The highest BCUT2D eigenvalue weighted by Gasteiger charge is 2.30. The summed E-state index contributed by atoms with van der Waals surface area (Å²) in [6, 6.07) is 17.4. The molecule has 0 aliphatic rings. The summed E-state index contributed by atoms with van der Waals surface area (Å²) in [5, 5.41) is 8.49. The lowest BCUT2D eigenvalue weighted by Crippen LogP contribution is -2.33. The van der Waals surface area contributed by atoms with Gasteiger partial charge in [0.05, 0.1) is 45.6 Å². The number of sulfone groups is 2. The Morgan fingerprint density at radius 1 is 0.631 bits per heavy atom. The number of amides is 2. The third-order valence-corrected chi connectivity index (χ3v) is 12.7. The molecule has 6 aromatic rings. The van der Waals surface area contributed by atoms with E-state index in [9.17, 15) is 35.2 Å². The minimum absolute atomic E-state index is 0.00810. The van der Waals surface area contributed by atoms with Gasteiger partial charge in [-0.2, -0.15) is 10.2 Å². The van der Waals surface area contributed by atoms with Crippen molar-refractivity contribution in [3.8, 4) is 11.4 Å². The molecule has 16 nitrogen and oxygen atoms in total. The van der Waals surface area contributed by atoms with Crippen LogP contribution in [0.15, 0.2) is 111 Å². The number of aryl methyl sites for hydroxylation is 1. The molecule has 0 bridgehead atoms. The van der Waals surface area contributed by atoms with Crippen LogP contribution < -0.4 is 0 Å². The van der Waals surface area contributed by atoms with Gasteiger partial charge in [-0.25, -0.2) is 44.6 Å². The lowest BCUT2D eigenvalue weighted by molar-refractivity contribution is 0.0273. The zero-order chi connectivity index (χ0) is 48.2. The van der Waals surface area contributed by atoms with Crippen molar-refractivity contribution in [2.24, 2.45) is 0 Å². The molecular weight excluding hydrogens is 883 g/mol. The van der Waals surface area contributed by atoms with E-state index in [1.807, 2.05) is 0 Å². The fraction of sp³-hybridized carbons (Fsp3) is 0.333. The minimum Gasteiger partial charge on any atom is -0.444 e. The normalized spacial score (nSPS) is 12.0. The number of carbonyl (C=O) groups is 2. The SMILES string of the molecule is Cc1c(F)cccc1-n1nc(CN(C)C(=O)OC(C)(C)C)cc1S(=O)(=O)c1cccnc1.Cc1ccc(S(=O)(=O)c2cc(CN(C)C(=O)OC(C)(C)C)nn2-c2cccc(F)c2C)cn1. The number of ether oxygens (including phenoxy) is 2. The van der Waals surface area contributed by atoms with Gasteiger partial charge in [0, 0.05) is 61.6 Å². The molecule has 0 saturated carbocycles. The van der Waals surface area contributed by atoms with Crippen LogP contribution in [0.1, 0.15) is 69.8 Å². The Hall–Kier alpha value is -6.54. The maximum Gasteiger partial charge on any atom is 0.410 e. The van der Waals surface area contributed by atoms with E-state index in [1.165, 1.54) is 106 Å². The maximum atomic E-state index is 14.3. The van der Waals surface area contributed by atoms with Crippen LogP contribution >= 0.6 is 0 Å². The van der Waals surface area contributed by atoms with E-state index in [4.69, 9.17) is 9.47 Å². The highest BCUT2D eigenvalue weighted by atomic mass is 32.2. The van der Waals surface area contributed by atoms with E-state index in [-0.39, 0.29) is 55.4 Å². The standard InChI is InChI=1S/C23H27FN4O4S.C22H25FN4O4S/c1-15-10-11-18(13-25-15)33(30,31)21-12-17(14-27(6)22(29)32-23(3,4)5)26-28(21)20-9-7-8-19(24)16(20)2;1-15-18(23)9-6-10-19(15)27-20(32(29,30)17-8-7-11-24-13-17)12-16(25-27)14-26(5)21(28)31-22(2,3)4/h7-13H,14H2,1-6H3;6-13H,14H2,1-5H3. The first-order valence-electron chi connectivity index (χ1n) is 20.1. The molecule has 0 radical (unpaired) electrons. The first-order valence-corrected chi connectivity index (χ1v) is 23.1. The average molecular weight is 935 g/mol. The molecule has 0 unspecified atom stereocenters. The zero-order valence-electron chi connectivity index (χ0n) is 38.0. The quantitative estimate of drug-likeness (QED) is 0.128. The van der Waals surface area contributed by atoms with E-state index in [0.717, 1.165) is 0 Å². The van der Waals surface area contributed by atoms with Gasteiger partial charge < -0.3 is 19.3 Å². The predicted molar refractivity (Wildman–Crippen MR) is 236 cm³/mol. The number of rotatable bonds is 10. The molecule has 4 heterocycles. The van der Waals surface area contributed by atoms with Crippen LogP contribution in [0.25, 0.3) is 11.4 Å². The molecule has 2 amide bonds. The molecule has 0 spiro atoms. The van der Waals surface area contributed by atoms with Gasteiger partial charge >= 0.3 is 12.2 Å². The van der Waals surface area contributed by atoms with Gasteiger partial charge in [0.15, 0.2) is 10.1 Å². The van der Waals surface area contributed by atoms with E-state index < -0.39 is 54.7 Å². The molecule has 0 fully saturated rings. The number of benzene rings is 2. The highest BCUT2D eigenvalue weighted by Crippen LogP contribution is 2.29. The summed E-state index contributed by atoms with van der Waals surface area (Å²) < 4.78 is 95.2. The van der Waals surface area contributed by atoms with Crippen LogP contribution in [0.5, 0.6) is 0 Å². The zero-order valence-corrected chi connectivity index (χ0v) is 39.6. The van der Waals surface area contributed by atoms with Crippen LogP contribution in [-0.4, -0.2) is 93.6 Å². The monoisotopic (exact) mass is 934 g/mol. The van der Waals surface area contributed by atoms with Gasteiger partial charge in [-0.3, -0.25) is 9.97 Å². The minimum atomic E-state index is -4.05. The van der Waals surface area contributed by atoms with Crippen LogP contribution in [0, 0.1) is 32.4 Å². The molecule has 0 aliphatic heterocycles. The summed E-state index contributed by atoms with van der Waals surface area (Å²) in [5.41, 5.74) is 0.933. The number of nitrogens with zero attached hydrogens (tertiary/aromatic N) is 8.